The van der Waals surface area contributed by atoms with Crippen LogP contribution in [-0.4, -0.2) is 48.8 Å². The minimum absolute atomic E-state index is 0.437. The standard InChI is InChI=1S/C14H26N2O/c1-12-13(5-10-17-12)16-9-4-8-15-14(11-16)6-2-3-7-14/h12-13,15H,2-11H2,1H3. The first-order valence-corrected chi connectivity index (χ1v) is 7.40. The predicted octanol–water partition coefficient (Wildman–Crippen LogP) is 1.77. The van der Waals surface area contributed by atoms with Gasteiger partial charge < -0.3 is 10.1 Å². The summed E-state index contributed by atoms with van der Waals surface area (Å²) in [5.74, 6) is 0. The Morgan fingerprint density at radius 1 is 1.24 bits per heavy atom. The topological polar surface area (TPSA) is 24.5 Å². The molecule has 1 saturated carbocycles. The van der Waals surface area contributed by atoms with Gasteiger partial charge in [0.1, 0.15) is 0 Å². The maximum absolute atomic E-state index is 5.75. The van der Waals surface area contributed by atoms with Crippen molar-refractivity contribution in [3.8, 4) is 0 Å². The van der Waals surface area contributed by atoms with Gasteiger partial charge in [-0.3, -0.25) is 4.90 Å². The molecule has 0 bridgehead atoms. The summed E-state index contributed by atoms with van der Waals surface area (Å²) in [5.41, 5.74) is 0.443. The molecule has 1 spiro atoms. The molecule has 3 nitrogen and oxygen atoms in total. The SMILES string of the molecule is CC1OCCC1N1CCCNC2(CCCC2)C1. The van der Waals surface area contributed by atoms with Crippen LogP contribution in [0.4, 0.5) is 0 Å². The van der Waals surface area contributed by atoms with E-state index in [2.05, 4.69) is 17.1 Å². The zero-order chi connectivity index (χ0) is 11.7. The molecule has 0 aromatic heterocycles. The van der Waals surface area contributed by atoms with Crippen molar-refractivity contribution < 1.29 is 4.74 Å². The van der Waals surface area contributed by atoms with Gasteiger partial charge in [0.05, 0.1) is 6.10 Å². The molecule has 2 unspecified atom stereocenters. The lowest BCUT2D eigenvalue weighted by atomic mass is 9.96. The average molecular weight is 238 g/mol. The highest BCUT2D eigenvalue weighted by Gasteiger charge is 2.40. The maximum atomic E-state index is 5.75. The van der Waals surface area contributed by atoms with Crippen LogP contribution in [0.2, 0.25) is 0 Å². The summed E-state index contributed by atoms with van der Waals surface area (Å²) in [7, 11) is 0. The van der Waals surface area contributed by atoms with Crippen LogP contribution < -0.4 is 5.32 Å². The first kappa shape index (κ1) is 11.9. The number of nitrogens with zero attached hydrogens (tertiary/aromatic N) is 1. The van der Waals surface area contributed by atoms with Gasteiger partial charge in [-0.05, 0) is 45.7 Å². The third-order valence-electron chi connectivity index (χ3n) is 4.99. The Hall–Kier alpha value is -0.120. The minimum atomic E-state index is 0.437. The van der Waals surface area contributed by atoms with Crippen LogP contribution in [0.3, 0.4) is 0 Å². The Morgan fingerprint density at radius 3 is 2.76 bits per heavy atom. The van der Waals surface area contributed by atoms with Gasteiger partial charge in [0, 0.05) is 24.7 Å². The van der Waals surface area contributed by atoms with Crippen LogP contribution in [-0.2, 0) is 4.74 Å². The van der Waals surface area contributed by atoms with Gasteiger partial charge in [-0.1, -0.05) is 12.8 Å². The molecule has 3 heteroatoms. The smallest absolute Gasteiger partial charge is 0.0703 e. The summed E-state index contributed by atoms with van der Waals surface area (Å²) in [5, 5.41) is 3.84. The predicted molar refractivity (Wildman–Crippen MR) is 69.2 cm³/mol. The van der Waals surface area contributed by atoms with E-state index >= 15 is 0 Å². The molecule has 1 N–H and O–H groups in total. The largest absolute Gasteiger partial charge is 0.377 e. The van der Waals surface area contributed by atoms with Gasteiger partial charge in [0.15, 0.2) is 0 Å². The molecule has 3 fully saturated rings. The summed E-state index contributed by atoms with van der Waals surface area (Å²) >= 11 is 0. The molecule has 0 aromatic carbocycles. The van der Waals surface area contributed by atoms with Gasteiger partial charge in [-0.15, -0.1) is 0 Å². The van der Waals surface area contributed by atoms with Crippen molar-refractivity contribution in [3.63, 3.8) is 0 Å². The quantitative estimate of drug-likeness (QED) is 0.753. The van der Waals surface area contributed by atoms with E-state index in [1.807, 2.05) is 0 Å². The van der Waals surface area contributed by atoms with Crippen LogP contribution in [0.5, 0.6) is 0 Å². The molecule has 0 amide bonds. The highest BCUT2D eigenvalue weighted by atomic mass is 16.5. The van der Waals surface area contributed by atoms with E-state index in [1.165, 1.54) is 58.2 Å². The third-order valence-corrected chi connectivity index (χ3v) is 4.99. The lowest BCUT2D eigenvalue weighted by Gasteiger charge is -2.37. The van der Waals surface area contributed by atoms with Crippen molar-refractivity contribution in [2.24, 2.45) is 0 Å². The van der Waals surface area contributed by atoms with Gasteiger partial charge in [-0.2, -0.15) is 0 Å². The van der Waals surface area contributed by atoms with E-state index in [9.17, 15) is 0 Å². The van der Waals surface area contributed by atoms with E-state index < -0.39 is 0 Å². The summed E-state index contributed by atoms with van der Waals surface area (Å²) in [6.45, 7) is 6.93. The molecule has 98 valence electrons. The molecule has 17 heavy (non-hydrogen) atoms. The van der Waals surface area contributed by atoms with E-state index in [-0.39, 0.29) is 0 Å². The van der Waals surface area contributed by atoms with E-state index in [1.54, 1.807) is 0 Å². The van der Waals surface area contributed by atoms with Crippen molar-refractivity contribution in [1.82, 2.24) is 10.2 Å². The van der Waals surface area contributed by atoms with E-state index in [0.29, 0.717) is 17.7 Å². The minimum Gasteiger partial charge on any atom is -0.377 e. The normalized spacial score (nSPS) is 38.6. The zero-order valence-electron chi connectivity index (χ0n) is 11.1. The Balaban J connectivity index is 1.71. The lowest BCUT2D eigenvalue weighted by Crippen LogP contribution is -2.52. The summed E-state index contributed by atoms with van der Waals surface area (Å²) in [4.78, 5) is 2.73. The van der Waals surface area contributed by atoms with Crippen LogP contribution in [0.25, 0.3) is 0 Å². The summed E-state index contributed by atoms with van der Waals surface area (Å²) in [6.07, 6.45) is 8.56. The highest BCUT2D eigenvalue weighted by molar-refractivity contribution is 4.99. The van der Waals surface area contributed by atoms with Crippen LogP contribution in [0.1, 0.15) is 45.4 Å². The molecule has 2 heterocycles. The van der Waals surface area contributed by atoms with Crippen LogP contribution in [0, 0.1) is 0 Å². The Labute approximate surface area is 105 Å². The van der Waals surface area contributed by atoms with Crippen molar-refractivity contribution in [2.75, 3.05) is 26.2 Å². The first-order chi connectivity index (χ1) is 8.29. The van der Waals surface area contributed by atoms with Crippen LogP contribution in [0.15, 0.2) is 0 Å². The summed E-state index contributed by atoms with van der Waals surface area (Å²) < 4.78 is 5.75. The van der Waals surface area contributed by atoms with Crippen molar-refractivity contribution >= 4 is 0 Å². The fraction of sp³-hybridized carbons (Fsp3) is 1.00. The molecular formula is C14H26N2O. The molecule has 2 aliphatic heterocycles. The fourth-order valence-corrected chi connectivity index (χ4v) is 4.03. The van der Waals surface area contributed by atoms with E-state index in [4.69, 9.17) is 4.74 Å². The Kier molecular flexibility index (Phi) is 3.42. The van der Waals surface area contributed by atoms with Gasteiger partial charge in [0.2, 0.25) is 0 Å². The molecule has 3 rings (SSSR count). The fourth-order valence-electron chi connectivity index (χ4n) is 4.03. The van der Waals surface area contributed by atoms with Gasteiger partial charge in [-0.25, -0.2) is 0 Å². The molecular weight excluding hydrogens is 212 g/mol. The number of ether oxygens (including phenoxy) is 1. The number of nitrogens with one attached hydrogen (secondary N) is 1. The molecule has 2 saturated heterocycles. The second-order valence-corrected chi connectivity index (χ2v) is 6.17. The summed E-state index contributed by atoms with van der Waals surface area (Å²) in [6, 6.07) is 0.673. The van der Waals surface area contributed by atoms with Gasteiger partial charge in [0.25, 0.3) is 0 Å². The Bertz CT molecular complexity index is 263. The second-order valence-electron chi connectivity index (χ2n) is 6.17. The van der Waals surface area contributed by atoms with Crippen LogP contribution >= 0.6 is 0 Å². The van der Waals surface area contributed by atoms with Crippen molar-refractivity contribution in [1.29, 1.82) is 0 Å². The average Bonchev–Trinajstić information content (AvgIpc) is 2.87. The molecule has 1 aliphatic carbocycles. The monoisotopic (exact) mass is 238 g/mol. The number of rotatable bonds is 1. The van der Waals surface area contributed by atoms with E-state index in [0.717, 1.165) is 6.61 Å². The molecule has 0 aromatic rings. The van der Waals surface area contributed by atoms with Gasteiger partial charge >= 0.3 is 0 Å². The third kappa shape index (κ3) is 2.38. The molecule has 0 radical (unpaired) electrons. The zero-order valence-corrected chi connectivity index (χ0v) is 11.1. The highest BCUT2D eigenvalue weighted by Crippen LogP contribution is 2.33. The molecule has 3 aliphatic rings. The van der Waals surface area contributed by atoms with Crippen molar-refractivity contribution in [3.05, 3.63) is 0 Å². The maximum Gasteiger partial charge on any atom is 0.0703 e. The second kappa shape index (κ2) is 4.87. The lowest BCUT2D eigenvalue weighted by molar-refractivity contribution is 0.0656. The molecule has 2 atom stereocenters. The number of hydrogen-bond donors (Lipinski definition) is 1. The number of hydrogen-bond acceptors (Lipinski definition) is 3. The first-order valence-electron chi connectivity index (χ1n) is 7.40. The van der Waals surface area contributed by atoms with Crippen molar-refractivity contribution in [2.45, 2.75) is 63.1 Å². The Morgan fingerprint density at radius 2 is 2.06 bits per heavy atom.